The maximum atomic E-state index is 13.1. The monoisotopic (exact) mass is 226 g/mol. The number of carbonyl (C=O) groups excluding carboxylic acids is 2. The van der Waals surface area contributed by atoms with Crippen molar-refractivity contribution in [3.63, 3.8) is 0 Å². The van der Waals surface area contributed by atoms with Gasteiger partial charge in [-0.1, -0.05) is 0 Å². The van der Waals surface area contributed by atoms with E-state index >= 15 is 0 Å². The van der Waals surface area contributed by atoms with Crippen LogP contribution >= 0.6 is 0 Å². The first-order valence-electron chi connectivity index (χ1n) is 5.03. The number of alkyl halides is 1. The van der Waals surface area contributed by atoms with Gasteiger partial charge in [0.15, 0.2) is 0 Å². The van der Waals surface area contributed by atoms with Crippen molar-refractivity contribution in [3.05, 3.63) is 17.7 Å². The molecule has 86 valence electrons. The lowest BCUT2D eigenvalue weighted by atomic mass is 10.2. The van der Waals surface area contributed by atoms with Crippen LogP contribution in [0.4, 0.5) is 4.39 Å². The first kappa shape index (κ1) is 10.8. The molecule has 0 spiro atoms. The van der Waals surface area contributed by atoms with E-state index in [0.717, 1.165) is 0 Å². The summed E-state index contributed by atoms with van der Waals surface area (Å²) in [6.07, 6.45) is 0.494. The Morgan fingerprint density at radius 3 is 3.12 bits per heavy atom. The molecular formula is C10H11FN2O3. The van der Waals surface area contributed by atoms with E-state index < -0.39 is 17.9 Å². The third-order valence-electron chi connectivity index (χ3n) is 2.43. The third kappa shape index (κ3) is 1.70. The second-order valence-corrected chi connectivity index (χ2v) is 3.54. The zero-order chi connectivity index (χ0) is 11.7. The van der Waals surface area contributed by atoms with E-state index in [2.05, 4.69) is 9.72 Å². The van der Waals surface area contributed by atoms with Gasteiger partial charge < -0.3 is 9.30 Å². The maximum Gasteiger partial charge on any atom is 0.381 e. The number of fused-ring (bicyclic) bond motifs is 1. The number of halogens is 1. The van der Waals surface area contributed by atoms with Gasteiger partial charge in [-0.25, -0.2) is 14.2 Å². The van der Waals surface area contributed by atoms with E-state index in [1.807, 2.05) is 0 Å². The van der Waals surface area contributed by atoms with Gasteiger partial charge >= 0.3 is 5.97 Å². The molecule has 1 aliphatic heterocycles. The Hall–Kier alpha value is -1.72. The van der Waals surface area contributed by atoms with Gasteiger partial charge in [0.2, 0.25) is 0 Å². The molecule has 2 heterocycles. The predicted molar refractivity (Wildman–Crippen MR) is 51.8 cm³/mol. The average molecular weight is 226 g/mol. The summed E-state index contributed by atoms with van der Waals surface area (Å²) in [6.45, 7) is 1.94. The highest BCUT2D eigenvalue weighted by molar-refractivity contribution is 6.40. The average Bonchev–Trinajstić information content (AvgIpc) is 2.75. The van der Waals surface area contributed by atoms with Crippen LogP contribution in [-0.2, 0) is 22.5 Å². The maximum absolute atomic E-state index is 13.1. The molecule has 2 rings (SSSR count). The largest absolute Gasteiger partial charge is 0.460 e. The van der Waals surface area contributed by atoms with Gasteiger partial charge in [0.05, 0.1) is 25.2 Å². The van der Waals surface area contributed by atoms with Crippen molar-refractivity contribution < 1.29 is 18.7 Å². The summed E-state index contributed by atoms with van der Waals surface area (Å²) in [6, 6.07) is 0. The van der Waals surface area contributed by atoms with E-state index in [1.165, 1.54) is 6.33 Å². The van der Waals surface area contributed by atoms with Crippen LogP contribution in [0.25, 0.3) is 0 Å². The molecule has 6 heteroatoms. The smallest absolute Gasteiger partial charge is 0.381 e. The summed E-state index contributed by atoms with van der Waals surface area (Å²) in [5, 5.41) is 0. The Balaban J connectivity index is 2.23. The quantitative estimate of drug-likeness (QED) is 0.428. The van der Waals surface area contributed by atoms with Gasteiger partial charge in [-0.15, -0.1) is 0 Å². The SMILES string of the molecule is CCOC(=O)C(=O)c1ncn2c1C[C@@H](F)C2. The van der Waals surface area contributed by atoms with Gasteiger partial charge in [0.25, 0.3) is 5.78 Å². The van der Waals surface area contributed by atoms with Crippen LogP contribution in [-0.4, -0.2) is 34.1 Å². The fraction of sp³-hybridized carbons (Fsp3) is 0.500. The molecule has 0 aromatic carbocycles. The van der Waals surface area contributed by atoms with Crippen LogP contribution < -0.4 is 0 Å². The molecule has 16 heavy (non-hydrogen) atoms. The summed E-state index contributed by atoms with van der Waals surface area (Å²) < 4.78 is 19.2. The van der Waals surface area contributed by atoms with E-state index in [1.54, 1.807) is 11.5 Å². The van der Waals surface area contributed by atoms with Crippen LogP contribution in [0.2, 0.25) is 0 Å². The molecule has 0 bridgehead atoms. The number of ether oxygens (including phenoxy) is 1. The van der Waals surface area contributed by atoms with Crippen molar-refractivity contribution in [1.82, 2.24) is 9.55 Å². The zero-order valence-corrected chi connectivity index (χ0v) is 8.77. The summed E-state index contributed by atoms with van der Waals surface area (Å²) in [5.41, 5.74) is 0.490. The fourth-order valence-corrected chi connectivity index (χ4v) is 1.75. The van der Waals surface area contributed by atoms with Gasteiger partial charge in [-0.3, -0.25) is 4.79 Å². The molecule has 0 saturated carbocycles. The number of aromatic nitrogens is 2. The number of rotatable bonds is 3. The Labute approximate surface area is 91.2 Å². The van der Waals surface area contributed by atoms with Crippen molar-refractivity contribution >= 4 is 11.8 Å². The molecule has 0 unspecified atom stereocenters. The summed E-state index contributed by atoms with van der Waals surface area (Å²) in [4.78, 5) is 26.6. The highest BCUT2D eigenvalue weighted by atomic mass is 19.1. The molecule has 0 radical (unpaired) electrons. The first-order chi connectivity index (χ1) is 7.63. The molecular weight excluding hydrogens is 215 g/mol. The standard InChI is InChI=1S/C10H11FN2O3/c1-2-16-10(15)9(14)8-7-3-6(11)4-13(7)5-12-8/h5-6H,2-4H2,1H3/t6-/m1/s1. The third-order valence-corrected chi connectivity index (χ3v) is 2.43. The minimum atomic E-state index is -1.01. The molecule has 5 nitrogen and oxygen atoms in total. The molecule has 1 aromatic heterocycles. The zero-order valence-electron chi connectivity index (χ0n) is 8.77. The van der Waals surface area contributed by atoms with E-state index in [-0.39, 0.29) is 25.3 Å². The molecule has 1 aromatic rings. The predicted octanol–water partition coefficient (Wildman–Crippen LogP) is 0.523. The second kappa shape index (κ2) is 4.03. The molecule has 1 aliphatic rings. The summed E-state index contributed by atoms with van der Waals surface area (Å²) in [5.74, 6) is -1.74. The van der Waals surface area contributed by atoms with Crippen LogP contribution in [0.1, 0.15) is 23.1 Å². The number of nitrogens with zero attached hydrogens (tertiary/aromatic N) is 2. The topological polar surface area (TPSA) is 61.2 Å². The molecule has 0 amide bonds. The number of esters is 1. The van der Waals surface area contributed by atoms with Gasteiger partial charge in [0, 0.05) is 6.42 Å². The highest BCUT2D eigenvalue weighted by Gasteiger charge is 2.30. The molecule has 0 aliphatic carbocycles. The van der Waals surface area contributed by atoms with Gasteiger partial charge in [-0.05, 0) is 6.92 Å². The lowest BCUT2D eigenvalue weighted by Crippen LogP contribution is -2.19. The Kier molecular flexibility index (Phi) is 2.72. The van der Waals surface area contributed by atoms with E-state index in [9.17, 15) is 14.0 Å². The van der Waals surface area contributed by atoms with Crippen LogP contribution in [0.15, 0.2) is 6.33 Å². The fourth-order valence-electron chi connectivity index (χ4n) is 1.75. The van der Waals surface area contributed by atoms with E-state index in [4.69, 9.17) is 0 Å². The molecule has 0 fully saturated rings. The second-order valence-electron chi connectivity index (χ2n) is 3.54. The lowest BCUT2D eigenvalue weighted by Gasteiger charge is -1.99. The van der Waals surface area contributed by atoms with Crippen molar-refractivity contribution in [1.29, 1.82) is 0 Å². The van der Waals surface area contributed by atoms with Gasteiger partial charge in [-0.2, -0.15) is 0 Å². The molecule has 1 atom stereocenters. The highest BCUT2D eigenvalue weighted by Crippen LogP contribution is 2.21. The van der Waals surface area contributed by atoms with E-state index in [0.29, 0.717) is 5.69 Å². The Morgan fingerprint density at radius 2 is 2.44 bits per heavy atom. The van der Waals surface area contributed by atoms with Crippen LogP contribution in [0.5, 0.6) is 0 Å². The number of hydrogen-bond donors (Lipinski definition) is 0. The number of imidazole rings is 1. The van der Waals surface area contributed by atoms with Crippen molar-refractivity contribution in [2.45, 2.75) is 26.1 Å². The van der Waals surface area contributed by atoms with Crippen molar-refractivity contribution in [2.75, 3.05) is 6.61 Å². The number of carbonyl (C=O) groups is 2. The van der Waals surface area contributed by atoms with Crippen molar-refractivity contribution in [2.24, 2.45) is 0 Å². The number of ketones is 1. The Morgan fingerprint density at radius 1 is 1.69 bits per heavy atom. The Bertz CT molecular complexity index is 441. The normalized spacial score (nSPS) is 18.2. The minimum absolute atomic E-state index is 0.0126. The minimum Gasteiger partial charge on any atom is -0.460 e. The number of Topliss-reactive ketones (excluding diaryl/α,β-unsaturated/α-hetero) is 1. The summed E-state index contributed by atoms with van der Waals surface area (Å²) in [7, 11) is 0. The van der Waals surface area contributed by atoms with Crippen LogP contribution in [0.3, 0.4) is 0 Å². The lowest BCUT2D eigenvalue weighted by molar-refractivity contribution is -0.137. The van der Waals surface area contributed by atoms with Gasteiger partial charge in [0.1, 0.15) is 11.9 Å². The first-order valence-corrected chi connectivity index (χ1v) is 5.03. The van der Waals surface area contributed by atoms with Crippen LogP contribution in [0, 0.1) is 0 Å². The molecule has 0 saturated heterocycles. The number of hydrogen-bond acceptors (Lipinski definition) is 4. The summed E-state index contributed by atoms with van der Waals surface area (Å²) >= 11 is 0. The van der Waals surface area contributed by atoms with Crippen molar-refractivity contribution in [3.8, 4) is 0 Å². The molecule has 0 N–H and O–H groups in total.